The quantitative estimate of drug-likeness (QED) is 0.726. The highest BCUT2D eigenvalue weighted by Gasteiger charge is 2.11. The number of hydrogen-bond donors (Lipinski definition) is 1. The van der Waals surface area contributed by atoms with Gasteiger partial charge in [-0.15, -0.1) is 6.42 Å². The highest BCUT2D eigenvalue weighted by atomic mass is 14.9. The van der Waals surface area contributed by atoms with Gasteiger partial charge in [0.2, 0.25) is 0 Å². The monoisotopic (exact) mass is 188 g/mol. The smallest absolute Gasteiger partial charge is 0.0741 e. The summed E-state index contributed by atoms with van der Waals surface area (Å²) in [5.41, 5.74) is 1.06. The zero-order valence-corrected chi connectivity index (χ0v) is 8.75. The Labute approximate surface area is 85.8 Å². The average Bonchev–Trinajstić information content (AvgIpc) is 2.19. The van der Waals surface area contributed by atoms with Gasteiger partial charge in [-0.25, -0.2) is 0 Å². The third kappa shape index (κ3) is 3.59. The molecule has 0 fully saturated rings. The maximum Gasteiger partial charge on any atom is 0.0741 e. The number of pyridine rings is 1. The summed E-state index contributed by atoms with van der Waals surface area (Å²) in [6, 6.07) is 4.04. The number of terminal acetylenes is 1. The zero-order valence-electron chi connectivity index (χ0n) is 8.75. The fourth-order valence-corrected chi connectivity index (χ4v) is 1.12. The van der Waals surface area contributed by atoms with Crippen molar-refractivity contribution in [2.24, 2.45) is 0 Å². The van der Waals surface area contributed by atoms with E-state index in [1.165, 1.54) is 5.56 Å². The summed E-state index contributed by atoms with van der Waals surface area (Å²) in [7, 11) is 0. The molecule has 1 heterocycles. The summed E-state index contributed by atoms with van der Waals surface area (Å²) in [6.07, 6.45) is 9.96. The molecule has 74 valence electrons. The maximum atomic E-state index is 5.36. The molecule has 0 bridgehead atoms. The van der Waals surface area contributed by atoms with Crippen LogP contribution in [0.15, 0.2) is 24.5 Å². The van der Waals surface area contributed by atoms with Gasteiger partial charge in [0.05, 0.1) is 5.54 Å². The molecule has 1 aromatic rings. The SMILES string of the molecule is C#CC(C)(C)NCCc1ccncc1. The van der Waals surface area contributed by atoms with Crippen LogP contribution >= 0.6 is 0 Å². The van der Waals surface area contributed by atoms with Crippen molar-refractivity contribution in [3.8, 4) is 12.3 Å². The molecule has 14 heavy (non-hydrogen) atoms. The van der Waals surface area contributed by atoms with Crippen molar-refractivity contribution in [2.45, 2.75) is 25.8 Å². The van der Waals surface area contributed by atoms with E-state index in [-0.39, 0.29) is 5.54 Å². The molecular formula is C12H16N2. The van der Waals surface area contributed by atoms with Gasteiger partial charge in [-0.05, 0) is 38.0 Å². The fourth-order valence-electron chi connectivity index (χ4n) is 1.12. The Kier molecular flexibility index (Phi) is 3.67. The molecule has 1 N–H and O–H groups in total. The van der Waals surface area contributed by atoms with Crippen LogP contribution in [0.4, 0.5) is 0 Å². The number of nitrogens with zero attached hydrogens (tertiary/aromatic N) is 1. The van der Waals surface area contributed by atoms with Crippen molar-refractivity contribution >= 4 is 0 Å². The summed E-state index contributed by atoms with van der Waals surface area (Å²) < 4.78 is 0. The third-order valence-electron chi connectivity index (χ3n) is 2.09. The van der Waals surface area contributed by atoms with Crippen LogP contribution in [0.5, 0.6) is 0 Å². The van der Waals surface area contributed by atoms with Gasteiger partial charge in [0.25, 0.3) is 0 Å². The minimum Gasteiger partial charge on any atom is -0.301 e. The molecule has 0 spiro atoms. The van der Waals surface area contributed by atoms with E-state index >= 15 is 0 Å². The van der Waals surface area contributed by atoms with Gasteiger partial charge in [-0.1, -0.05) is 5.92 Å². The molecule has 0 aliphatic carbocycles. The highest BCUT2D eigenvalue weighted by molar-refractivity contribution is 5.11. The fraction of sp³-hybridized carbons (Fsp3) is 0.417. The predicted molar refractivity (Wildman–Crippen MR) is 58.9 cm³/mol. The van der Waals surface area contributed by atoms with Crippen LogP contribution in [0.3, 0.4) is 0 Å². The largest absolute Gasteiger partial charge is 0.301 e. The van der Waals surface area contributed by atoms with Crippen LogP contribution in [0, 0.1) is 12.3 Å². The van der Waals surface area contributed by atoms with E-state index in [0.717, 1.165) is 13.0 Å². The molecule has 0 amide bonds. The van der Waals surface area contributed by atoms with Crippen molar-refractivity contribution in [3.63, 3.8) is 0 Å². The first kappa shape index (κ1) is 10.7. The summed E-state index contributed by atoms with van der Waals surface area (Å²) in [5.74, 6) is 2.70. The van der Waals surface area contributed by atoms with Crippen LogP contribution in [0.2, 0.25) is 0 Å². The number of nitrogens with one attached hydrogen (secondary N) is 1. The molecular weight excluding hydrogens is 172 g/mol. The van der Waals surface area contributed by atoms with Crippen molar-refractivity contribution in [1.29, 1.82) is 0 Å². The number of aromatic nitrogens is 1. The van der Waals surface area contributed by atoms with Gasteiger partial charge in [0.15, 0.2) is 0 Å². The number of hydrogen-bond acceptors (Lipinski definition) is 2. The Morgan fingerprint density at radius 2 is 2.07 bits per heavy atom. The second kappa shape index (κ2) is 4.78. The van der Waals surface area contributed by atoms with E-state index in [4.69, 9.17) is 6.42 Å². The third-order valence-corrected chi connectivity index (χ3v) is 2.09. The molecule has 0 radical (unpaired) electrons. The van der Waals surface area contributed by atoms with Crippen LogP contribution in [-0.4, -0.2) is 17.1 Å². The first-order valence-electron chi connectivity index (χ1n) is 4.76. The standard InChI is InChI=1S/C12H16N2/c1-4-12(2,3)14-10-7-11-5-8-13-9-6-11/h1,5-6,8-9,14H,7,10H2,2-3H3. The van der Waals surface area contributed by atoms with Crippen molar-refractivity contribution in [3.05, 3.63) is 30.1 Å². The Bertz CT molecular complexity index is 309. The van der Waals surface area contributed by atoms with Crippen LogP contribution in [0.1, 0.15) is 19.4 Å². The Morgan fingerprint density at radius 3 is 2.64 bits per heavy atom. The molecule has 2 nitrogen and oxygen atoms in total. The van der Waals surface area contributed by atoms with Gasteiger partial charge >= 0.3 is 0 Å². The maximum absolute atomic E-state index is 5.36. The molecule has 0 aliphatic rings. The Balaban J connectivity index is 2.34. The zero-order chi connectivity index (χ0) is 10.4. The molecule has 0 aliphatic heterocycles. The van der Waals surface area contributed by atoms with Crippen LogP contribution in [0.25, 0.3) is 0 Å². The van der Waals surface area contributed by atoms with Crippen molar-refractivity contribution in [1.82, 2.24) is 10.3 Å². The normalized spacial score (nSPS) is 10.9. The molecule has 0 atom stereocenters. The van der Waals surface area contributed by atoms with E-state index in [1.807, 2.05) is 38.4 Å². The Morgan fingerprint density at radius 1 is 1.43 bits per heavy atom. The van der Waals surface area contributed by atoms with E-state index < -0.39 is 0 Å². The lowest BCUT2D eigenvalue weighted by molar-refractivity contribution is 0.495. The predicted octanol–water partition coefficient (Wildman–Crippen LogP) is 1.63. The summed E-state index contributed by atoms with van der Waals surface area (Å²) in [6.45, 7) is 4.89. The van der Waals surface area contributed by atoms with E-state index in [1.54, 1.807) is 0 Å². The minimum atomic E-state index is -0.215. The first-order chi connectivity index (χ1) is 6.64. The van der Waals surface area contributed by atoms with Gasteiger partial charge in [-0.3, -0.25) is 4.98 Å². The van der Waals surface area contributed by atoms with Crippen molar-refractivity contribution in [2.75, 3.05) is 6.54 Å². The topological polar surface area (TPSA) is 24.9 Å². The van der Waals surface area contributed by atoms with Crippen LogP contribution in [-0.2, 0) is 6.42 Å². The average molecular weight is 188 g/mol. The van der Waals surface area contributed by atoms with Gasteiger partial charge in [0, 0.05) is 18.9 Å². The molecule has 0 saturated carbocycles. The first-order valence-corrected chi connectivity index (χ1v) is 4.76. The summed E-state index contributed by atoms with van der Waals surface area (Å²) >= 11 is 0. The van der Waals surface area contributed by atoms with Gasteiger partial charge < -0.3 is 5.32 Å². The molecule has 2 heteroatoms. The summed E-state index contributed by atoms with van der Waals surface area (Å²) in [4.78, 5) is 3.97. The molecule has 0 saturated heterocycles. The van der Waals surface area contributed by atoms with Crippen LogP contribution < -0.4 is 5.32 Å². The second-order valence-corrected chi connectivity index (χ2v) is 3.80. The van der Waals surface area contributed by atoms with E-state index in [9.17, 15) is 0 Å². The lowest BCUT2D eigenvalue weighted by Gasteiger charge is -2.19. The Hall–Kier alpha value is -1.33. The second-order valence-electron chi connectivity index (χ2n) is 3.80. The lowest BCUT2D eigenvalue weighted by Crippen LogP contribution is -2.38. The molecule has 1 aromatic heterocycles. The van der Waals surface area contributed by atoms with Gasteiger partial charge in [-0.2, -0.15) is 0 Å². The lowest BCUT2D eigenvalue weighted by atomic mass is 10.1. The summed E-state index contributed by atoms with van der Waals surface area (Å²) in [5, 5.41) is 3.30. The molecule has 0 unspecified atom stereocenters. The molecule has 1 rings (SSSR count). The van der Waals surface area contributed by atoms with Crippen molar-refractivity contribution < 1.29 is 0 Å². The molecule has 0 aromatic carbocycles. The minimum absolute atomic E-state index is 0.215. The van der Waals surface area contributed by atoms with E-state index in [0.29, 0.717) is 0 Å². The van der Waals surface area contributed by atoms with E-state index in [2.05, 4.69) is 16.2 Å². The highest BCUT2D eigenvalue weighted by Crippen LogP contribution is 2.00. The van der Waals surface area contributed by atoms with Gasteiger partial charge in [0.1, 0.15) is 0 Å². The number of rotatable bonds is 4.